The molecule has 1 aromatic heterocycles. The van der Waals surface area contributed by atoms with Gasteiger partial charge >= 0.3 is 0 Å². The smallest absolute Gasteiger partial charge is 0.246 e. The van der Waals surface area contributed by atoms with Gasteiger partial charge in [0.05, 0.1) is 12.4 Å². The van der Waals surface area contributed by atoms with Crippen LogP contribution in [0.15, 0.2) is 17.3 Å². The first kappa shape index (κ1) is 12.3. The van der Waals surface area contributed by atoms with Crippen molar-refractivity contribution in [2.45, 2.75) is 24.7 Å². The van der Waals surface area contributed by atoms with Crippen molar-refractivity contribution in [1.29, 1.82) is 0 Å². The Kier molecular flexibility index (Phi) is 3.58. The maximum Gasteiger partial charge on any atom is 0.246 e. The van der Waals surface area contributed by atoms with Gasteiger partial charge in [-0.2, -0.15) is 4.31 Å². The average Bonchev–Trinajstić information content (AvgIpc) is 2.84. The Balaban J connectivity index is 2.21. The van der Waals surface area contributed by atoms with Crippen LogP contribution in [0.3, 0.4) is 0 Å². The van der Waals surface area contributed by atoms with E-state index in [1.165, 1.54) is 16.7 Å². The quantitative estimate of drug-likeness (QED) is 0.858. The monoisotopic (exact) mass is 256 g/mol. The fourth-order valence-corrected chi connectivity index (χ4v) is 3.19. The van der Waals surface area contributed by atoms with Crippen LogP contribution in [0.1, 0.15) is 19.8 Å². The van der Waals surface area contributed by atoms with Crippen molar-refractivity contribution in [3.63, 3.8) is 0 Å². The van der Waals surface area contributed by atoms with Crippen LogP contribution in [0.2, 0.25) is 0 Å². The zero-order valence-corrected chi connectivity index (χ0v) is 10.6. The summed E-state index contributed by atoms with van der Waals surface area (Å²) in [6, 6.07) is 0. The highest BCUT2D eigenvalue weighted by atomic mass is 32.2. The van der Waals surface area contributed by atoms with Gasteiger partial charge in [-0.3, -0.25) is 0 Å². The molecule has 6 nitrogen and oxygen atoms in total. The van der Waals surface area contributed by atoms with Gasteiger partial charge < -0.3 is 5.32 Å². The number of nitrogens with zero attached hydrogens (tertiary/aromatic N) is 3. The minimum absolute atomic E-state index is 0.168. The number of hydrogen-bond acceptors (Lipinski definition) is 5. The highest BCUT2D eigenvalue weighted by molar-refractivity contribution is 7.89. The summed E-state index contributed by atoms with van der Waals surface area (Å²) in [7, 11) is -3.39. The van der Waals surface area contributed by atoms with Crippen molar-refractivity contribution in [1.82, 2.24) is 14.3 Å². The third kappa shape index (κ3) is 2.55. The molecule has 2 heterocycles. The molecule has 1 aliphatic heterocycles. The first-order chi connectivity index (χ1) is 8.14. The number of rotatable bonds is 4. The molecule has 17 heavy (non-hydrogen) atoms. The molecule has 0 aliphatic carbocycles. The summed E-state index contributed by atoms with van der Waals surface area (Å²) in [5.74, 6) is 0.452. The molecule has 7 heteroatoms. The second kappa shape index (κ2) is 4.97. The highest BCUT2D eigenvalue weighted by Gasteiger charge is 2.27. The Labute approximate surface area is 101 Å². The second-order valence-corrected chi connectivity index (χ2v) is 5.82. The number of nitrogens with one attached hydrogen (secondary N) is 1. The van der Waals surface area contributed by atoms with Gasteiger partial charge in [-0.1, -0.05) is 0 Å². The molecule has 1 saturated heterocycles. The third-order valence-electron chi connectivity index (χ3n) is 2.67. The van der Waals surface area contributed by atoms with Gasteiger partial charge in [0.15, 0.2) is 0 Å². The lowest BCUT2D eigenvalue weighted by molar-refractivity contribution is 0.477. The molecule has 0 saturated carbocycles. The van der Waals surface area contributed by atoms with Crippen molar-refractivity contribution < 1.29 is 8.42 Å². The summed E-state index contributed by atoms with van der Waals surface area (Å²) in [6.45, 7) is 3.82. The van der Waals surface area contributed by atoms with E-state index in [-0.39, 0.29) is 4.90 Å². The molecule has 0 radical (unpaired) electrons. The van der Waals surface area contributed by atoms with E-state index in [1.807, 2.05) is 6.92 Å². The summed E-state index contributed by atoms with van der Waals surface area (Å²) < 4.78 is 25.7. The standard InChI is InChI=1S/C10H16N4O2S/c1-2-11-10-12-7-9(8-13-10)17(15,16)14-5-3-4-6-14/h7-8H,2-6H2,1H3,(H,11,12,13). The number of sulfonamides is 1. The molecule has 0 unspecified atom stereocenters. The lowest BCUT2D eigenvalue weighted by Crippen LogP contribution is -2.28. The minimum atomic E-state index is -3.39. The van der Waals surface area contributed by atoms with Crippen LogP contribution in [0.4, 0.5) is 5.95 Å². The molecule has 0 amide bonds. The van der Waals surface area contributed by atoms with Crippen LogP contribution in [0.25, 0.3) is 0 Å². The van der Waals surface area contributed by atoms with E-state index in [1.54, 1.807) is 0 Å². The lowest BCUT2D eigenvalue weighted by atomic mass is 10.4. The van der Waals surface area contributed by atoms with Gasteiger partial charge in [0, 0.05) is 19.6 Å². The van der Waals surface area contributed by atoms with Crippen molar-refractivity contribution in [2.24, 2.45) is 0 Å². The van der Waals surface area contributed by atoms with Gasteiger partial charge in [0.1, 0.15) is 4.90 Å². The Morgan fingerprint density at radius 2 is 1.88 bits per heavy atom. The molecule has 0 bridgehead atoms. The van der Waals surface area contributed by atoms with Crippen LogP contribution in [0.5, 0.6) is 0 Å². The van der Waals surface area contributed by atoms with Crippen LogP contribution >= 0.6 is 0 Å². The summed E-state index contributed by atoms with van der Waals surface area (Å²) in [4.78, 5) is 8.12. The molecule has 0 aromatic carbocycles. The average molecular weight is 256 g/mol. The SMILES string of the molecule is CCNc1ncc(S(=O)(=O)N2CCCC2)cn1. The van der Waals surface area contributed by atoms with E-state index in [2.05, 4.69) is 15.3 Å². The second-order valence-electron chi connectivity index (χ2n) is 3.88. The van der Waals surface area contributed by atoms with E-state index < -0.39 is 10.0 Å². The zero-order chi connectivity index (χ0) is 12.3. The Morgan fingerprint density at radius 3 is 2.41 bits per heavy atom. The number of aromatic nitrogens is 2. The van der Waals surface area contributed by atoms with Gasteiger partial charge in [0.2, 0.25) is 16.0 Å². The van der Waals surface area contributed by atoms with Gasteiger partial charge in [-0.05, 0) is 19.8 Å². The maximum atomic E-state index is 12.1. The molecular formula is C10H16N4O2S. The molecule has 1 aromatic rings. The molecule has 0 spiro atoms. The fourth-order valence-electron chi connectivity index (χ4n) is 1.78. The van der Waals surface area contributed by atoms with E-state index >= 15 is 0 Å². The zero-order valence-electron chi connectivity index (χ0n) is 9.76. The molecule has 1 aliphatic rings. The summed E-state index contributed by atoms with van der Waals surface area (Å²) in [6.07, 6.45) is 4.57. The minimum Gasteiger partial charge on any atom is -0.355 e. The van der Waals surface area contributed by atoms with E-state index in [0.29, 0.717) is 25.6 Å². The molecule has 1 fully saturated rings. The Bertz CT molecular complexity index is 466. The largest absolute Gasteiger partial charge is 0.355 e. The van der Waals surface area contributed by atoms with Crippen molar-refractivity contribution in [3.05, 3.63) is 12.4 Å². The predicted molar refractivity (Wildman–Crippen MR) is 64.2 cm³/mol. The number of anilines is 1. The van der Waals surface area contributed by atoms with E-state index in [9.17, 15) is 8.42 Å². The van der Waals surface area contributed by atoms with Crippen molar-refractivity contribution in [2.75, 3.05) is 25.0 Å². The maximum absolute atomic E-state index is 12.1. The van der Waals surface area contributed by atoms with Crippen LogP contribution in [-0.4, -0.2) is 42.3 Å². The summed E-state index contributed by atoms with van der Waals surface area (Å²) in [5, 5.41) is 2.93. The van der Waals surface area contributed by atoms with E-state index in [4.69, 9.17) is 0 Å². The van der Waals surface area contributed by atoms with Gasteiger partial charge in [0.25, 0.3) is 0 Å². The first-order valence-corrected chi connectivity index (χ1v) is 7.14. The lowest BCUT2D eigenvalue weighted by Gasteiger charge is -2.14. The summed E-state index contributed by atoms with van der Waals surface area (Å²) in [5.41, 5.74) is 0. The van der Waals surface area contributed by atoms with Gasteiger partial charge in [-0.25, -0.2) is 18.4 Å². The van der Waals surface area contributed by atoms with Crippen molar-refractivity contribution >= 4 is 16.0 Å². The Hall–Kier alpha value is -1.21. The fraction of sp³-hybridized carbons (Fsp3) is 0.600. The molecule has 0 atom stereocenters. The van der Waals surface area contributed by atoms with Gasteiger partial charge in [-0.15, -0.1) is 0 Å². The number of hydrogen-bond donors (Lipinski definition) is 1. The molecule has 2 rings (SSSR count). The normalized spacial score (nSPS) is 17.2. The first-order valence-electron chi connectivity index (χ1n) is 5.70. The van der Waals surface area contributed by atoms with Crippen molar-refractivity contribution in [3.8, 4) is 0 Å². The predicted octanol–water partition coefficient (Wildman–Crippen LogP) is 0.693. The Morgan fingerprint density at radius 1 is 1.29 bits per heavy atom. The van der Waals surface area contributed by atoms with Crippen LogP contribution in [0, 0.1) is 0 Å². The third-order valence-corrected chi connectivity index (χ3v) is 4.52. The van der Waals surface area contributed by atoms with E-state index in [0.717, 1.165) is 12.8 Å². The van der Waals surface area contributed by atoms with Crippen LogP contribution in [-0.2, 0) is 10.0 Å². The topological polar surface area (TPSA) is 75.2 Å². The molecular weight excluding hydrogens is 240 g/mol. The van der Waals surface area contributed by atoms with Crippen LogP contribution < -0.4 is 5.32 Å². The highest BCUT2D eigenvalue weighted by Crippen LogP contribution is 2.19. The molecule has 1 N–H and O–H groups in total. The molecule has 94 valence electrons. The summed E-state index contributed by atoms with van der Waals surface area (Å²) >= 11 is 0.